The predicted molar refractivity (Wildman–Crippen MR) is 125 cm³/mol. The molecule has 178 valence electrons. The number of carbonyl (C=O) groups excluding carboxylic acids is 2. The van der Waals surface area contributed by atoms with Crippen LogP contribution in [0.15, 0.2) is 65.2 Å². The third-order valence-electron chi connectivity index (χ3n) is 5.79. The molecule has 8 nitrogen and oxygen atoms in total. The van der Waals surface area contributed by atoms with Crippen molar-refractivity contribution >= 4 is 11.8 Å². The number of carbonyl (C=O) groups is 2. The van der Waals surface area contributed by atoms with Gasteiger partial charge in [-0.05, 0) is 36.6 Å². The first-order valence-corrected chi connectivity index (χ1v) is 11.3. The molecule has 0 N–H and O–H groups in total. The molecule has 34 heavy (non-hydrogen) atoms. The fourth-order valence-electron chi connectivity index (χ4n) is 3.97. The Morgan fingerprint density at radius 3 is 2.62 bits per heavy atom. The highest BCUT2D eigenvalue weighted by Gasteiger charge is 2.32. The van der Waals surface area contributed by atoms with Crippen LogP contribution in [0, 0.1) is 6.92 Å². The number of hydrogen-bond donors (Lipinski definition) is 0. The summed E-state index contributed by atoms with van der Waals surface area (Å²) >= 11 is 0. The predicted octanol–water partition coefficient (Wildman–Crippen LogP) is 3.10. The van der Waals surface area contributed by atoms with Gasteiger partial charge in [0.05, 0.1) is 19.8 Å². The number of nitrogens with zero attached hydrogens (tertiary/aromatic N) is 3. The van der Waals surface area contributed by atoms with E-state index in [1.165, 1.54) is 4.90 Å². The summed E-state index contributed by atoms with van der Waals surface area (Å²) in [7, 11) is 1.62. The van der Waals surface area contributed by atoms with Crippen LogP contribution in [-0.2, 0) is 22.6 Å². The van der Waals surface area contributed by atoms with E-state index in [4.69, 9.17) is 14.0 Å². The van der Waals surface area contributed by atoms with Crippen molar-refractivity contribution in [3.63, 3.8) is 0 Å². The molecule has 1 aliphatic rings. The molecule has 2 aromatic carbocycles. The van der Waals surface area contributed by atoms with Crippen LogP contribution >= 0.6 is 0 Å². The topological polar surface area (TPSA) is 85.1 Å². The van der Waals surface area contributed by atoms with Gasteiger partial charge in [0, 0.05) is 25.7 Å². The first kappa shape index (κ1) is 23.5. The molecule has 0 radical (unpaired) electrons. The first-order valence-electron chi connectivity index (χ1n) is 11.3. The maximum atomic E-state index is 13.1. The van der Waals surface area contributed by atoms with Crippen LogP contribution in [0.1, 0.15) is 27.4 Å². The monoisotopic (exact) mass is 463 g/mol. The zero-order chi connectivity index (χ0) is 23.9. The summed E-state index contributed by atoms with van der Waals surface area (Å²) in [6.07, 6.45) is 0.372. The highest BCUT2D eigenvalue weighted by molar-refractivity contribution is 5.95. The smallest absolute Gasteiger partial charge is 0.276 e. The molecule has 0 aliphatic carbocycles. The fourth-order valence-corrected chi connectivity index (χ4v) is 3.97. The van der Waals surface area contributed by atoms with E-state index >= 15 is 0 Å². The lowest BCUT2D eigenvalue weighted by molar-refractivity contribution is -0.131. The van der Waals surface area contributed by atoms with Crippen LogP contribution in [0.3, 0.4) is 0 Å². The second-order valence-corrected chi connectivity index (χ2v) is 8.37. The van der Waals surface area contributed by atoms with Crippen LogP contribution in [0.25, 0.3) is 0 Å². The van der Waals surface area contributed by atoms with E-state index in [1.54, 1.807) is 25.0 Å². The van der Waals surface area contributed by atoms with Gasteiger partial charge in [0.1, 0.15) is 18.1 Å². The van der Waals surface area contributed by atoms with Gasteiger partial charge in [0.25, 0.3) is 5.91 Å². The molecule has 1 aromatic heterocycles. The molecular weight excluding hydrogens is 434 g/mol. The summed E-state index contributed by atoms with van der Waals surface area (Å²) in [5.41, 5.74) is 2.30. The largest absolute Gasteiger partial charge is 0.497 e. The quantitative estimate of drug-likeness (QED) is 0.510. The summed E-state index contributed by atoms with van der Waals surface area (Å²) < 4.78 is 16.6. The highest BCUT2D eigenvalue weighted by atomic mass is 16.5. The zero-order valence-electron chi connectivity index (χ0n) is 19.5. The van der Waals surface area contributed by atoms with Crippen molar-refractivity contribution in [1.29, 1.82) is 0 Å². The summed E-state index contributed by atoms with van der Waals surface area (Å²) in [4.78, 5) is 29.4. The van der Waals surface area contributed by atoms with Crippen molar-refractivity contribution in [2.24, 2.45) is 0 Å². The van der Waals surface area contributed by atoms with Gasteiger partial charge in [0.15, 0.2) is 5.69 Å². The number of aromatic nitrogens is 1. The zero-order valence-corrected chi connectivity index (χ0v) is 19.5. The molecule has 3 aromatic rings. The van der Waals surface area contributed by atoms with Gasteiger partial charge in [-0.1, -0.05) is 47.6 Å². The molecule has 0 spiro atoms. The Morgan fingerprint density at radius 2 is 1.88 bits per heavy atom. The fraction of sp³-hybridized carbons (Fsp3) is 0.346. The number of ether oxygens (including phenoxy) is 2. The van der Waals surface area contributed by atoms with Crippen molar-refractivity contribution in [3.05, 3.63) is 83.2 Å². The molecule has 4 rings (SSSR count). The summed E-state index contributed by atoms with van der Waals surface area (Å²) in [5.74, 6) is 0.835. The summed E-state index contributed by atoms with van der Waals surface area (Å²) in [6.45, 7) is 3.27. The Morgan fingerprint density at radius 1 is 1.09 bits per heavy atom. The van der Waals surface area contributed by atoms with E-state index in [0.29, 0.717) is 25.5 Å². The maximum Gasteiger partial charge on any atom is 0.276 e. The molecule has 1 atom stereocenters. The van der Waals surface area contributed by atoms with Crippen LogP contribution in [0.2, 0.25) is 0 Å². The Bertz CT molecular complexity index is 1110. The Labute approximate surface area is 199 Å². The molecule has 1 fully saturated rings. The SMILES string of the molecule is COc1cccc(CO[C@H]2CN(CCc3ccccc3)C(=O)CN(C(=O)c3cc(C)on3)C2)c1. The lowest BCUT2D eigenvalue weighted by atomic mass is 10.1. The van der Waals surface area contributed by atoms with E-state index in [0.717, 1.165) is 23.3 Å². The molecule has 8 heteroatoms. The molecule has 0 saturated carbocycles. The standard InChI is InChI=1S/C26H29N3O5/c1-19-13-24(27-34-19)26(31)29-16-23(33-18-21-9-6-10-22(14-21)32-2)15-28(25(30)17-29)12-11-20-7-4-3-5-8-20/h3-10,13-14,23H,11-12,15-18H2,1-2H3/t23-/m0/s1. The molecule has 1 saturated heterocycles. The van der Waals surface area contributed by atoms with Crippen LogP contribution in [0.4, 0.5) is 0 Å². The van der Waals surface area contributed by atoms with Crippen molar-refractivity contribution in [2.75, 3.05) is 33.3 Å². The second kappa shape index (κ2) is 11.0. The van der Waals surface area contributed by atoms with Gasteiger partial charge in [-0.2, -0.15) is 0 Å². The van der Waals surface area contributed by atoms with Gasteiger partial charge in [-0.3, -0.25) is 9.59 Å². The number of methoxy groups -OCH3 is 1. The Balaban J connectivity index is 1.49. The third kappa shape index (κ3) is 6.02. The van der Waals surface area contributed by atoms with Crippen LogP contribution in [-0.4, -0.2) is 66.2 Å². The first-order chi connectivity index (χ1) is 16.5. The van der Waals surface area contributed by atoms with Gasteiger partial charge in [-0.25, -0.2) is 0 Å². The molecule has 0 unspecified atom stereocenters. The van der Waals surface area contributed by atoms with Gasteiger partial charge < -0.3 is 23.8 Å². The Kier molecular flexibility index (Phi) is 7.59. The average molecular weight is 464 g/mol. The number of aryl methyl sites for hydroxylation is 1. The van der Waals surface area contributed by atoms with Crippen molar-refractivity contribution in [1.82, 2.24) is 15.0 Å². The van der Waals surface area contributed by atoms with Gasteiger partial charge >= 0.3 is 0 Å². The number of benzene rings is 2. The summed E-state index contributed by atoms with van der Waals surface area (Å²) in [6, 6.07) is 19.3. The highest BCUT2D eigenvalue weighted by Crippen LogP contribution is 2.17. The minimum Gasteiger partial charge on any atom is -0.497 e. The number of rotatable bonds is 8. The van der Waals surface area contributed by atoms with E-state index in [-0.39, 0.29) is 36.7 Å². The lowest BCUT2D eigenvalue weighted by Crippen LogP contribution is -2.40. The van der Waals surface area contributed by atoms with E-state index in [2.05, 4.69) is 5.16 Å². The minimum absolute atomic E-state index is 0.0292. The van der Waals surface area contributed by atoms with Crippen molar-refractivity contribution < 1.29 is 23.6 Å². The minimum atomic E-state index is -0.356. The molecule has 2 heterocycles. The Hall–Kier alpha value is -3.65. The van der Waals surface area contributed by atoms with E-state index in [9.17, 15) is 9.59 Å². The van der Waals surface area contributed by atoms with Crippen LogP contribution < -0.4 is 4.74 Å². The van der Waals surface area contributed by atoms with E-state index < -0.39 is 0 Å². The average Bonchev–Trinajstić information content (AvgIpc) is 3.23. The molecule has 2 amide bonds. The van der Waals surface area contributed by atoms with Gasteiger partial charge in [-0.15, -0.1) is 0 Å². The lowest BCUT2D eigenvalue weighted by Gasteiger charge is -2.25. The second-order valence-electron chi connectivity index (χ2n) is 8.37. The van der Waals surface area contributed by atoms with Crippen molar-refractivity contribution in [2.45, 2.75) is 26.1 Å². The van der Waals surface area contributed by atoms with E-state index in [1.807, 2.05) is 54.6 Å². The third-order valence-corrected chi connectivity index (χ3v) is 5.79. The number of amides is 2. The molecule has 0 bridgehead atoms. The molecule has 1 aliphatic heterocycles. The van der Waals surface area contributed by atoms with Crippen LogP contribution in [0.5, 0.6) is 5.75 Å². The van der Waals surface area contributed by atoms with Gasteiger partial charge in [0.2, 0.25) is 5.91 Å². The maximum absolute atomic E-state index is 13.1. The molecular formula is C26H29N3O5. The normalized spacial score (nSPS) is 16.4. The van der Waals surface area contributed by atoms with Crippen molar-refractivity contribution in [3.8, 4) is 5.75 Å². The number of hydrogen-bond acceptors (Lipinski definition) is 6. The summed E-state index contributed by atoms with van der Waals surface area (Å²) in [5, 5.41) is 3.83.